The van der Waals surface area contributed by atoms with Gasteiger partial charge in [-0.15, -0.1) is 0 Å². The van der Waals surface area contributed by atoms with E-state index in [2.05, 4.69) is 52.1 Å². The summed E-state index contributed by atoms with van der Waals surface area (Å²) in [4.78, 5) is 2.35. The van der Waals surface area contributed by atoms with Crippen molar-refractivity contribution in [3.05, 3.63) is 28.2 Å². The predicted molar refractivity (Wildman–Crippen MR) is 91.0 cm³/mol. The molecule has 21 heavy (non-hydrogen) atoms. The molecule has 1 N–H and O–H groups in total. The maximum absolute atomic E-state index is 5.84. The fourth-order valence-electron chi connectivity index (χ4n) is 2.00. The number of nitrogens with zero attached hydrogens (tertiary/aromatic N) is 1. The molecule has 1 aromatic rings. The molecule has 0 spiro atoms. The summed E-state index contributed by atoms with van der Waals surface area (Å²) < 4.78 is 11.9. The van der Waals surface area contributed by atoms with Gasteiger partial charge in [0, 0.05) is 26.7 Å². The molecule has 0 aromatic heterocycles. The lowest BCUT2D eigenvalue weighted by molar-refractivity contribution is 0.199. The maximum Gasteiger partial charge on any atom is 0.133 e. The van der Waals surface area contributed by atoms with E-state index in [0.717, 1.165) is 49.6 Å². The van der Waals surface area contributed by atoms with Crippen LogP contribution in [0.3, 0.4) is 0 Å². The second-order valence-electron chi connectivity index (χ2n) is 4.81. The van der Waals surface area contributed by atoms with Gasteiger partial charge >= 0.3 is 0 Å². The summed E-state index contributed by atoms with van der Waals surface area (Å²) >= 11 is 3.58. The van der Waals surface area contributed by atoms with Crippen molar-refractivity contribution in [2.75, 3.05) is 46.5 Å². The third-order valence-corrected chi connectivity index (χ3v) is 3.99. The number of rotatable bonds is 11. The van der Waals surface area contributed by atoms with E-state index >= 15 is 0 Å². The Hall–Kier alpha value is -0.620. The minimum Gasteiger partial charge on any atom is -0.491 e. The summed E-state index contributed by atoms with van der Waals surface area (Å²) in [7, 11) is 1.71. The number of halogens is 1. The number of ether oxygens (including phenoxy) is 2. The molecular formula is C16H27BrN2O2. The van der Waals surface area contributed by atoms with Crippen LogP contribution in [-0.2, 0) is 11.3 Å². The van der Waals surface area contributed by atoms with Gasteiger partial charge in [-0.1, -0.05) is 19.9 Å². The molecule has 0 aliphatic heterocycles. The Morgan fingerprint density at radius 1 is 1.19 bits per heavy atom. The van der Waals surface area contributed by atoms with E-state index in [1.165, 1.54) is 5.56 Å². The lowest BCUT2D eigenvalue weighted by Gasteiger charge is -2.18. The molecule has 0 aliphatic carbocycles. The van der Waals surface area contributed by atoms with E-state index in [-0.39, 0.29) is 0 Å². The number of likely N-dealkylation sites (N-methyl/N-ethyl adjacent to an activating group) is 1. The first-order valence-electron chi connectivity index (χ1n) is 7.54. The molecule has 0 unspecified atom stereocenters. The van der Waals surface area contributed by atoms with Gasteiger partial charge in [-0.3, -0.25) is 0 Å². The van der Waals surface area contributed by atoms with E-state index in [1.807, 2.05) is 6.07 Å². The largest absolute Gasteiger partial charge is 0.491 e. The number of benzene rings is 1. The van der Waals surface area contributed by atoms with Gasteiger partial charge < -0.3 is 19.7 Å². The number of nitrogens with one attached hydrogen (secondary N) is 1. The summed E-state index contributed by atoms with van der Waals surface area (Å²) in [5.41, 5.74) is 1.23. The highest BCUT2D eigenvalue weighted by atomic mass is 79.9. The Kier molecular flexibility index (Phi) is 9.67. The number of methoxy groups -OCH3 is 1. The SMILES string of the molecule is CCN(CC)CCOc1ccc(CNCCOC)cc1Br. The van der Waals surface area contributed by atoms with Crippen molar-refractivity contribution < 1.29 is 9.47 Å². The van der Waals surface area contributed by atoms with Gasteiger partial charge in [0.2, 0.25) is 0 Å². The first-order chi connectivity index (χ1) is 10.2. The van der Waals surface area contributed by atoms with Gasteiger partial charge in [0.25, 0.3) is 0 Å². The van der Waals surface area contributed by atoms with Crippen molar-refractivity contribution in [2.24, 2.45) is 0 Å². The van der Waals surface area contributed by atoms with Crippen LogP contribution in [0.5, 0.6) is 5.75 Å². The van der Waals surface area contributed by atoms with Crippen LogP contribution in [0, 0.1) is 0 Å². The van der Waals surface area contributed by atoms with E-state index in [4.69, 9.17) is 9.47 Å². The molecule has 0 heterocycles. The van der Waals surface area contributed by atoms with Gasteiger partial charge in [0.15, 0.2) is 0 Å². The van der Waals surface area contributed by atoms with Crippen LogP contribution in [0.4, 0.5) is 0 Å². The predicted octanol–water partition coefficient (Wildman–Crippen LogP) is 2.91. The van der Waals surface area contributed by atoms with Crippen molar-refractivity contribution in [3.8, 4) is 5.75 Å². The van der Waals surface area contributed by atoms with Crippen molar-refractivity contribution in [3.63, 3.8) is 0 Å². The first kappa shape index (κ1) is 18.4. The van der Waals surface area contributed by atoms with Gasteiger partial charge in [0.05, 0.1) is 11.1 Å². The van der Waals surface area contributed by atoms with E-state index in [1.54, 1.807) is 7.11 Å². The standard InChI is InChI=1S/C16H27BrN2O2/c1-4-19(5-2)9-11-21-16-7-6-14(12-15(16)17)13-18-8-10-20-3/h6-7,12,18H,4-5,8-11,13H2,1-3H3. The fraction of sp³-hybridized carbons (Fsp3) is 0.625. The lowest BCUT2D eigenvalue weighted by Crippen LogP contribution is -2.27. The molecule has 5 heteroatoms. The summed E-state index contributed by atoms with van der Waals surface area (Å²) in [6, 6.07) is 6.23. The third kappa shape index (κ3) is 7.27. The quantitative estimate of drug-likeness (QED) is 0.616. The number of hydrogen-bond donors (Lipinski definition) is 1. The molecule has 0 aliphatic rings. The second-order valence-corrected chi connectivity index (χ2v) is 5.66. The Morgan fingerprint density at radius 3 is 2.57 bits per heavy atom. The minimum atomic E-state index is 0.714. The Balaban J connectivity index is 2.39. The Bertz CT molecular complexity index is 398. The van der Waals surface area contributed by atoms with Crippen LogP contribution in [0.2, 0.25) is 0 Å². The average molecular weight is 359 g/mol. The molecule has 0 saturated heterocycles. The maximum atomic E-state index is 5.84. The van der Waals surface area contributed by atoms with Crippen LogP contribution >= 0.6 is 15.9 Å². The molecule has 120 valence electrons. The van der Waals surface area contributed by atoms with Crippen LogP contribution < -0.4 is 10.1 Å². The number of hydrogen-bond acceptors (Lipinski definition) is 4. The monoisotopic (exact) mass is 358 g/mol. The first-order valence-corrected chi connectivity index (χ1v) is 8.33. The van der Waals surface area contributed by atoms with Crippen molar-refractivity contribution in [1.29, 1.82) is 0 Å². The van der Waals surface area contributed by atoms with Crippen molar-refractivity contribution in [2.45, 2.75) is 20.4 Å². The average Bonchev–Trinajstić information content (AvgIpc) is 2.50. The molecule has 0 radical (unpaired) electrons. The minimum absolute atomic E-state index is 0.714. The second kappa shape index (κ2) is 11.0. The lowest BCUT2D eigenvalue weighted by atomic mass is 10.2. The molecule has 1 rings (SSSR count). The summed E-state index contributed by atoms with van der Waals surface area (Å²) in [5.74, 6) is 0.905. The molecule has 4 nitrogen and oxygen atoms in total. The van der Waals surface area contributed by atoms with Gasteiger partial charge in [-0.25, -0.2) is 0 Å². The van der Waals surface area contributed by atoms with E-state index in [0.29, 0.717) is 6.61 Å². The highest BCUT2D eigenvalue weighted by molar-refractivity contribution is 9.10. The molecule has 0 saturated carbocycles. The summed E-state index contributed by atoms with van der Waals surface area (Å²) in [5, 5.41) is 3.33. The van der Waals surface area contributed by atoms with Crippen LogP contribution in [0.1, 0.15) is 19.4 Å². The van der Waals surface area contributed by atoms with Crippen LogP contribution in [0.25, 0.3) is 0 Å². The fourth-order valence-corrected chi connectivity index (χ4v) is 2.54. The smallest absolute Gasteiger partial charge is 0.133 e. The van der Waals surface area contributed by atoms with Crippen LogP contribution in [0.15, 0.2) is 22.7 Å². The summed E-state index contributed by atoms with van der Waals surface area (Å²) in [6.45, 7) is 10.6. The molecule has 0 amide bonds. The molecule has 1 aromatic carbocycles. The topological polar surface area (TPSA) is 33.7 Å². The zero-order valence-electron chi connectivity index (χ0n) is 13.3. The molecule has 0 atom stereocenters. The highest BCUT2D eigenvalue weighted by Gasteiger charge is 2.04. The summed E-state index contributed by atoms with van der Waals surface area (Å²) in [6.07, 6.45) is 0. The van der Waals surface area contributed by atoms with Gasteiger partial charge in [0.1, 0.15) is 12.4 Å². The van der Waals surface area contributed by atoms with Gasteiger partial charge in [-0.05, 0) is 46.7 Å². The van der Waals surface area contributed by atoms with Crippen molar-refractivity contribution >= 4 is 15.9 Å². The Labute approximate surface area is 136 Å². The van der Waals surface area contributed by atoms with Crippen LogP contribution in [-0.4, -0.2) is 51.4 Å². The third-order valence-electron chi connectivity index (χ3n) is 3.37. The zero-order chi connectivity index (χ0) is 15.5. The molecular weight excluding hydrogens is 332 g/mol. The normalized spacial score (nSPS) is 11.1. The van der Waals surface area contributed by atoms with Crippen molar-refractivity contribution in [1.82, 2.24) is 10.2 Å². The van der Waals surface area contributed by atoms with Gasteiger partial charge in [-0.2, -0.15) is 0 Å². The molecule has 0 bridgehead atoms. The van der Waals surface area contributed by atoms with E-state index < -0.39 is 0 Å². The zero-order valence-corrected chi connectivity index (χ0v) is 14.9. The highest BCUT2D eigenvalue weighted by Crippen LogP contribution is 2.26. The van der Waals surface area contributed by atoms with E-state index in [9.17, 15) is 0 Å². The molecule has 0 fully saturated rings. The Morgan fingerprint density at radius 2 is 1.95 bits per heavy atom.